The summed E-state index contributed by atoms with van der Waals surface area (Å²) in [4.78, 5) is 26.0. The van der Waals surface area contributed by atoms with Crippen LogP contribution in [0.5, 0.6) is 0 Å². The van der Waals surface area contributed by atoms with Gasteiger partial charge in [-0.1, -0.05) is 24.3 Å². The summed E-state index contributed by atoms with van der Waals surface area (Å²) >= 11 is 0. The minimum Gasteiger partial charge on any atom is -0.392 e. The predicted molar refractivity (Wildman–Crippen MR) is 76.3 cm³/mol. The summed E-state index contributed by atoms with van der Waals surface area (Å²) in [6.45, 7) is 1.74. The molecule has 6 heteroatoms. The van der Waals surface area contributed by atoms with Crippen LogP contribution in [0.2, 0.25) is 0 Å². The number of carbonyl (C=O) groups is 2. The number of piperidine rings is 1. The third-order valence-electron chi connectivity index (χ3n) is 4.25. The molecular weight excluding hydrogens is 270 g/mol. The van der Waals surface area contributed by atoms with E-state index in [-0.39, 0.29) is 25.1 Å². The van der Waals surface area contributed by atoms with E-state index in [0.717, 1.165) is 24.2 Å². The van der Waals surface area contributed by atoms with Crippen molar-refractivity contribution in [1.29, 1.82) is 0 Å². The van der Waals surface area contributed by atoms with Crippen LogP contribution in [0.1, 0.15) is 24.0 Å². The molecule has 0 radical (unpaired) electrons. The second-order valence-corrected chi connectivity index (χ2v) is 5.63. The topological polar surface area (TPSA) is 81.7 Å². The van der Waals surface area contributed by atoms with Gasteiger partial charge < -0.3 is 15.7 Å². The van der Waals surface area contributed by atoms with Gasteiger partial charge in [0.05, 0.1) is 13.2 Å². The molecule has 1 aromatic carbocycles. The molecule has 1 spiro atoms. The van der Waals surface area contributed by atoms with E-state index >= 15 is 0 Å². The molecule has 1 aromatic rings. The lowest BCUT2D eigenvalue weighted by molar-refractivity contribution is -0.132. The molecule has 2 heterocycles. The van der Waals surface area contributed by atoms with Gasteiger partial charge in [-0.15, -0.1) is 0 Å². The molecule has 0 saturated carbocycles. The largest absolute Gasteiger partial charge is 0.392 e. The van der Waals surface area contributed by atoms with Crippen LogP contribution in [-0.4, -0.2) is 40.6 Å². The van der Waals surface area contributed by atoms with Gasteiger partial charge in [0, 0.05) is 0 Å². The van der Waals surface area contributed by atoms with Gasteiger partial charge in [-0.2, -0.15) is 0 Å². The second kappa shape index (κ2) is 5.46. The van der Waals surface area contributed by atoms with Crippen molar-refractivity contribution < 1.29 is 14.7 Å². The van der Waals surface area contributed by atoms with Crippen molar-refractivity contribution in [2.24, 2.45) is 0 Å². The number of benzene rings is 1. The first kappa shape index (κ1) is 14.0. The normalized spacial score (nSPS) is 20.9. The Labute approximate surface area is 123 Å². The van der Waals surface area contributed by atoms with Crippen molar-refractivity contribution in [2.75, 3.05) is 13.1 Å². The van der Waals surface area contributed by atoms with Crippen LogP contribution in [0.25, 0.3) is 0 Å². The minimum absolute atomic E-state index is 0.0144. The maximum Gasteiger partial charge on any atom is 0.325 e. The van der Waals surface area contributed by atoms with Crippen LogP contribution in [0.3, 0.4) is 0 Å². The molecule has 0 aromatic heterocycles. The number of carbonyl (C=O) groups excluding carboxylic acids is 2. The average Bonchev–Trinajstić information content (AvgIpc) is 2.73. The fourth-order valence-corrected chi connectivity index (χ4v) is 2.94. The summed E-state index contributed by atoms with van der Waals surface area (Å²) in [6.07, 6.45) is 1.27. The van der Waals surface area contributed by atoms with Crippen LogP contribution in [-0.2, 0) is 17.9 Å². The molecule has 112 valence electrons. The Balaban J connectivity index is 1.75. The molecule has 0 aliphatic carbocycles. The lowest BCUT2D eigenvalue weighted by Gasteiger charge is -2.31. The second-order valence-electron chi connectivity index (χ2n) is 5.63. The van der Waals surface area contributed by atoms with Gasteiger partial charge in [0.2, 0.25) is 0 Å². The van der Waals surface area contributed by atoms with Crippen molar-refractivity contribution in [3.05, 3.63) is 35.4 Å². The molecule has 2 fully saturated rings. The molecule has 0 bridgehead atoms. The number of hydrogen-bond donors (Lipinski definition) is 3. The van der Waals surface area contributed by atoms with E-state index in [1.165, 1.54) is 4.90 Å². The van der Waals surface area contributed by atoms with Crippen molar-refractivity contribution in [2.45, 2.75) is 31.5 Å². The van der Waals surface area contributed by atoms with Crippen LogP contribution in [0, 0.1) is 0 Å². The predicted octanol–water partition coefficient (Wildman–Crippen LogP) is 0.353. The number of nitrogens with zero attached hydrogens (tertiary/aromatic N) is 1. The Bertz CT molecular complexity index is 550. The zero-order valence-corrected chi connectivity index (χ0v) is 11.8. The number of amides is 3. The zero-order chi connectivity index (χ0) is 14.9. The number of aliphatic hydroxyl groups excluding tert-OH is 1. The molecule has 2 aliphatic heterocycles. The van der Waals surface area contributed by atoms with Gasteiger partial charge in [-0.25, -0.2) is 4.79 Å². The number of imide groups is 1. The van der Waals surface area contributed by atoms with Crippen molar-refractivity contribution in [3.8, 4) is 0 Å². The summed E-state index contributed by atoms with van der Waals surface area (Å²) in [5.74, 6) is -0.125. The molecule has 3 N–H and O–H groups in total. The lowest BCUT2D eigenvalue weighted by Crippen LogP contribution is -2.53. The Hall–Kier alpha value is -1.92. The van der Waals surface area contributed by atoms with E-state index in [4.69, 9.17) is 5.11 Å². The molecule has 3 rings (SSSR count). The zero-order valence-electron chi connectivity index (χ0n) is 11.8. The van der Waals surface area contributed by atoms with Gasteiger partial charge in [-0.05, 0) is 37.1 Å². The number of rotatable bonds is 3. The van der Waals surface area contributed by atoms with Crippen LogP contribution in [0.15, 0.2) is 24.3 Å². The molecule has 21 heavy (non-hydrogen) atoms. The van der Waals surface area contributed by atoms with Gasteiger partial charge in [-0.3, -0.25) is 9.69 Å². The molecule has 2 aliphatic rings. The molecule has 6 nitrogen and oxygen atoms in total. The number of hydrogen-bond acceptors (Lipinski definition) is 4. The van der Waals surface area contributed by atoms with Crippen LogP contribution < -0.4 is 10.6 Å². The van der Waals surface area contributed by atoms with Crippen molar-refractivity contribution in [3.63, 3.8) is 0 Å². The molecule has 0 atom stereocenters. The highest BCUT2D eigenvalue weighted by Gasteiger charge is 2.51. The third kappa shape index (κ3) is 2.52. The maximum absolute atomic E-state index is 12.6. The highest BCUT2D eigenvalue weighted by atomic mass is 16.3. The van der Waals surface area contributed by atoms with Gasteiger partial charge in [0.1, 0.15) is 5.54 Å². The van der Waals surface area contributed by atoms with Crippen LogP contribution in [0.4, 0.5) is 4.79 Å². The number of nitrogens with one attached hydrogen (secondary N) is 2. The highest BCUT2D eigenvalue weighted by molar-refractivity contribution is 6.07. The lowest BCUT2D eigenvalue weighted by atomic mass is 9.88. The van der Waals surface area contributed by atoms with E-state index in [0.29, 0.717) is 12.8 Å². The molecule has 2 saturated heterocycles. The summed E-state index contributed by atoms with van der Waals surface area (Å²) in [6, 6.07) is 6.95. The fraction of sp³-hybridized carbons (Fsp3) is 0.467. The summed E-state index contributed by atoms with van der Waals surface area (Å²) < 4.78 is 0. The Morgan fingerprint density at radius 2 is 1.71 bits per heavy atom. The number of aliphatic hydroxyl groups is 1. The van der Waals surface area contributed by atoms with Crippen molar-refractivity contribution in [1.82, 2.24) is 15.5 Å². The van der Waals surface area contributed by atoms with Crippen molar-refractivity contribution >= 4 is 11.9 Å². The fourth-order valence-electron chi connectivity index (χ4n) is 2.94. The summed E-state index contributed by atoms with van der Waals surface area (Å²) in [7, 11) is 0. The first-order valence-electron chi connectivity index (χ1n) is 7.18. The summed E-state index contributed by atoms with van der Waals surface area (Å²) in [5, 5.41) is 15.1. The van der Waals surface area contributed by atoms with Gasteiger partial charge in [0.15, 0.2) is 0 Å². The Morgan fingerprint density at radius 3 is 2.33 bits per heavy atom. The molecule has 3 amide bonds. The molecule has 0 unspecified atom stereocenters. The monoisotopic (exact) mass is 289 g/mol. The van der Waals surface area contributed by atoms with E-state index in [2.05, 4.69) is 10.6 Å². The smallest absolute Gasteiger partial charge is 0.325 e. The standard InChI is InChI=1S/C15H19N3O3/c19-10-12-3-1-11(2-4-12)9-18-13(20)15(17-14(18)21)5-7-16-8-6-15/h1-4,16,19H,5-10H2,(H,17,21). The first-order valence-corrected chi connectivity index (χ1v) is 7.18. The third-order valence-corrected chi connectivity index (χ3v) is 4.25. The van der Waals surface area contributed by atoms with E-state index in [1.807, 2.05) is 12.1 Å². The number of urea groups is 1. The SMILES string of the molecule is O=C1NC2(CCNCC2)C(=O)N1Cc1ccc(CO)cc1. The Morgan fingerprint density at radius 1 is 1.10 bits per heavy atom. The quantitative estimate of drug-likeness (QED) is 0.702. The maximum atomic E-state index is 12.6. The van der Waals surface area contributed by atoms with E-state index in [9.17, 15) is 9.59 Å². The van der Waals surface area contributed by atoms with E-state index in [1.54, 1.807) is 12.1 Å². The van der Waals surface area contributed by atoms with E-state index < -0.39 is 5.54 Å². The highest BCUT2D eigenvalue weighted by Crippen LogP contribution is 2.28. The van der Waals surface area contributed by atoms with Gasteiger partial charge >= 0.3 is 6.03 Å². The summed E-state index contributed by atoms with van der Waals surface area (Å²) in [5.41, 5.74) is 0.973. The first-order chi connectivity index (χ1) is 10.1. The van der Waals surface area contributed by atoms with Gasteiger partial charge in [0.25, 0.3) is 5.91 Å². The van der Waals surface area contributed by atoms with Crippen LogP contribution >= 0.6 is 0 Å². The minimum atomic E-state index is -0.715. The average molecular weight is 289 g/mol. The molecular formula is C15H19N3O3. The Kier molecular flexibility index (Phi) is 3.65.